The van der Waals surface area contributed by atoms with Crippen molar-refractivity contribution in [2.75, 3.05) is 18.0 Å². The number of aryl methyl sites for hydroxylation is 2. The minimum Gasteiger partial charge on any atom is -0.352 e. The molecular weight excluding hydrogens is 308 g/mol. The highest BCUT2D eigenvalue weighted by Crippen LogP contribution is 2.37. The highest BCUT2D eigenvalue weighted by atomic mass is 32.2. The zero-order chi connectivity index (χ0) is 16.4. The van der Waals surface area contributed by atoms with Gasteiger partial charge >= 0.3 is 0 Å². The molecule has 4 nitrogen and oxygen atoms in total. The highest BCUT2D eigenvalue weighted by Gasteiger charge is 2.24. The van der Waals surface area contributed by atoms with E-state index in [0.29, 0.717) is 0 Å². The van der Waals surface area contributed by atoms with Gasteiger partial charge in [0.15, 0.2) is 0 Å². The summed E-state index contributed by atoms with van der Waals surface area (Å²) in [6, 6.07) is 14.2. The third-order valence-electron chi connectivity index (χ3n) is 3.70. The summed E-state index contributed by atoms with van der Waals surface area (Å²) in [6.45, 7) is 4.58. The molecule has 2 amide bonds. The van der Waals surface area contributed by atoms with Gasteiger partial charge in [0, 0.05) is 9.79 Å². The molecule has 0 atom stereocenters. The molecular formula is C18H18N2O2S. The van der Waals surface area contributed by atoms with Gasteiger partial charge in [-0.25, -0.2) is 0 Å². The average molecular weight is 326 g/mol. The van der Waals surface area contributed by atoms with Crippen molar-refractivity contribution < 1.29 is 9.59 Å². The largest absolute Gasteiger partial charge is 0.352 e. The van der Waals surface area contributed by atoms with Crippen molar-refractivity contribution in [2.24, 2.45) is 0 Å². The molecule has 0 bridgehead atoms. The standard InChI is InChI=1S/C18H18N2O2S/c1-12-7-8-15(13(2)9-12)23-16-6-4-3-5-14(16)20-10-17(21)19-18(22)11-20/h3-9H,10-11H2,1-2H3,(H,19,21,22). The fraction of sp³-hybridized carbons (Fsp3) is 0.222. The molecule has 1 saturated heterocycles. The van der Waals surface area contributed by atoms with Crippen molar-refractivity contribution in [1.82, 2.24) is 5.32 Å². The normalized spacial score (nSPS) is 14.8. The quantitative estimate of drug-likeness (QED) is 0.881. The highest BCUT2D eigenvalue weighted by molar-refractivity contribution is 7.99. The molecule has 1 aliphatic heterocycles. The number of para-hydroxylation sites is 1. The molecule has 1 N–H and O–H groups in total. The number of hydrogen-bond acceptors (Lipinski definition) is 4. The number of imide groups is 1. The van der Waals surface area contributed by atoms with E-state index in [-0.39, 0.29) is 24.9 Å². The number of carbonyl (C=O) groups is 2. The number of amides is 2. The zero-order valence-corrected chi connectivity index (χ0v) is 13.9. The summed E-state index contributed by atoms with van der Waals surface area (Å²) in [4.78, 5) is 27.3. The Morgan fingerprint density at radius 3 is 2.35 bits per heavy atom. The van der Waals surface area contributed by atoms with Crippen molar-refractivity contribution in [3.8, 4) is 0 Å². The van der Waals surface area contributed by atoms with Gasteiger partial charge in [-0.05, 0) is 37.6 Å². The minimum atomic E-state index is -0.257. The molecule has 3 rings (SSSR count). The van der Waals surface area contributed by atoms with Crippen LogP contribution in [0.1, 0.15) is 11.1 Å². The van der Waals surface area contributed by atoms with Crippen LogP contribution in [0.2, 0.25) is 0 Å². The molecule has 1 heterocycles. The summed E-state index contributed by atoms with van der Waals surface area (Å²) in [5.74, 6) is -0.514. The fourth-order valence-corrected chi connectivity index (χ4v) is 3.69. The molecule has 0 unspecified atom stereocenters. The topological polar surface area (TPSA) is 49.4 Å². The molecule has 0 radical (unpaired) electrons. The van der Waals surface area contributed by atoms with Gasteiger partial charge in [0.1, 0.15) is 0 Å². The summed E-state index contributed by atoms with van der Waals surface area (Å²) in [6.07, 6.45) is 0. The Morgan fingerprint density at radius 1 is 0.957 bits per heavy atom. The second-order valence-electron chi connectivity index (χ2n) is 5.67. The van der Waals surface area contributed by atoms with Crippen LogP contribution in [-0.4, -0.2) is 24.9 Å². The van der Waals surface area contributed by atoms with Crippen LogP contribution in [-0.2, 0) is 9.59 Å². The molecule has 0 saturated carbocycles. The molecule has 118 valence electrons. The Labute approximate surface area is 139 Å². The lowest BCUT2D eigenvalue weighted by Gasteiger charge is -2.29. The van der Waals surface area contributed by atoms with E-state index in [4.69, 9.17) is 0 Å². The smallest absolute Gasteiger partial charge is 0.246 e. The Morgan fingerprint density at radius 2 is 1.65 bits per heavy atom. The molecule has 2 aromatic carbocycles. The van der Waals surface area contributed by atoms with Crippen LogP contribution in [0.25, 0.3) is 0 Å². The van der Waals surface area contributed by atoms with Crippen molar-refractivity contribution >= 4 is 29.3 Å². The van der Waals surface area contributed by atoms with Crippen LogP contribution in [0, 0.1) is 13.8 Å². The van der Waals surface area contributed by atoms with Gasteiger partial charge < -0.3 is 4.90 Å². The Kier molecular flexibility index (Phi) is 4.39. The molecule has 0 aliphatic carbocycles. The summed E-state index contributed by atoms with van der Waals surface area (Å²) in [5.41, 5.74) is 3.37. The second kappa shape index (κ2) is 6.46. The summed E-state index contributed by atoms with van der Waals surface area (Å²) < 4.78 is 0. The minimum absolute atomic E-state index is 0.205. The molecule has 1 aliphatic rings. The average Bonchev–Trinajstić information content (AvgIpc) is 2.49. The molecule has 23 heavy (non-hydrogen) atoms. The molecule has 2 aromatic rings. The van der Waals surface area contributed by atoms with Crippen LogP contribution in [0.15, 0.2) is 52.3 Å². The van der Waals surface area contributed by atoms with Crippen molar-refractivity contribution in [1.29, 1.82) is 0 Å². The van der Waals surface area contributed by atoms with E-state index in [9.17, 15) is 9.59 Å². The number of nitrogens with zero attached hydrogens (tertiary/aromatic N) is 1. The van der Waals surface area contributed by atoms with Gasteiger partial charge in [0.25, 0.3) is 0 Å². The zero-order valence-electron chi connectivity index (χ0n) is 13.1. The van der Waals surface area contributed by atoms with E-state index < -0.39 is 0 Å². The van der Waals surface area contributed by atoms with Crippen molar-refractivity contribution in [3.63, 3.8) is 0 Å². The van der Waals surface area contributed by atoms with E-state index in [1.807, 2.05) is 29.2 Å². The lowest BCUT2D eigenvalue weighted by Crippen LogP contribution is -2.51. The number of anilines is 1. The monoisotopic (exact) mass is 326 g/mol. The number of nitrogens with one attached hydrogen (secondary N) is 1. The number of hydrogen-bond donors (Lipinski definition) is 1. The molecule has 5 heteroatoms. The molecule has 0 aromatic heterocycles. The van der Waals surface area contributed by atoms with Crippen LogP contribution >= 0.6 is 11.8 Å². The van der Waals surface area contributed by atoms with Gasteiger partial charge in [-0.15, -0.1) is 0 Å². The number of piperazine rings is 1. The summed E-state index contributed by atoms with van der Waals surface area (Å²) in [5, 5.41) is 2.34. The predicted octanol–water partition coefficient (Wildman–Crippen LogP) is 2.92. The first-order valence-electron chi connectivity index (χ1n) is 7.45. The maximum absolute atomic E-state index is 11.6. The maximum Gasteiger partial charge on any atom is 0.246 e. The fourth-order valence-electron chi connectivity index (χ4n) is 2.64. The van der Waals surface area contributed by atoms with Gasteiger partial charge in [-0.3, -0.25) is 14.9 Å². The maximum atomic E-state index is 11.6. The third-order valence-corrected chi connectivity index (χ3v) is 4.95. The summed E-state index contributed by atoms with van der Waals surface area (Å²) in [7, 11) is 0. The van der Waals surface area contributed by atoms with Crippen LogP contribution < -0.4 is 10.2 Å². The van der Waals surface area contributed by atoms with E-state index in [0.717, 1.165) is 10.6 Å². The van der Waals surface area contributed by atoms with Crippen LogP contribution in [0.4, 0.5) is 5.69 Å². The Hall–Kier alpha value is -2.27. The van der Waals surface area contributed by atoms with Gasteiger partial charge in [0.05, 0.1) is 18.8 Å². The van der Waals surface area contributed by atoms with Crippen LogP contribution in [0.3, 0.4) is 0 Å². The van der Waals surface area contributed by atoms with E-state index in [2.05, 4.69) is 37.4 Å². The van der Waals surface area contributed by atoms with E-state index in [1.165, 1.54) is 16.0 Å². The number of benzene rings is 2. The second-order valence-corrected chi connectivity index (χ2v) is 6.75. The van der Waals surface area contributed by atoms with Crippen molar-refractivity contribution in [2.45, 2.75) is 23.6 Å². The van der Waals surface area contributed by atoms with Gasteiger partial charge in [-0.2, -0.15) is 0 Å². The van der Waals surface area contributed by atoms with E-state index >= 15 is 0 Å². The lowest BCUT2D eigenvalue weighted by atomic mass is 10.2. The SMILES string of the molecule is Cc1ccc(Sc2ccccc2N2CC(=O)NC(=O)C2)c(C)c1. The number of rotatable bonds is 3. The lowest BCUT2D eigenvalue weighted by molar-refractivity contribution is -0.130. The van der Waals surface area contributed by atoms with Crippen molar-refractivity contribution in [3.05, 3.63) is 53.6 Å². The first kappa shape index (κ1) is 15.6. The Balaban J connectivity index is 1.91. The first-order chi connectivity index (χ1) is 11.0. The van der Waals surface area contributed by atoms with Crippen LogP contribution in [0.5, 0.6) is 0 Å². The molecule has 1 fully saturated rings. The van der Waals surface area contributed by atoms with Gasteiger partial charge in [0.2, 0.25) is 11.8 Å². The predicted molar refractivity (Wildman–Crippen MR) is 91.8 cm³/mol. The Bertz CT molecular complexity index is 757. The van der Waals surface area contributed by atoms with E-state index in [1.54, 1.807) is 11.8 Å². The first-order valence-corrected chi connectivity index (χ1v) is 8.26. The van der Waals surface area contributed by atoms with Gasteiger partial charge in [-0.1, -0.05) is 41.6 Å². The number of carbonyl (C=O) groups excluding carboxylic acids is 2. The third kappa shape index (κ3) is 3.56. The molecule has 0 spiro atoms. The summed E-state index contributed by atoms with van der Waals surface area (Å²) >= 11 is 1.66.